The number of alkyl halides is 3. The number of amides is 4. The SMILES string of the molecule is O=C1NCC[C@H]1C[C@H](NC(=O)[C@@H]1[C@H]2CCC[C@H]2CN1C(=O)[C@@H](NC(=O)C(F)(F)F)C12CC3CC(CC(C3)C1)C2)C(=O)c1nc2ccccc2s1. The molecule has 7 fully saturated rings. The third-order valence-electron chi connectivity index (χ3n) is 12.7. The van der Waals surface area contributed by atoms with Crippen molar-refractivity contribution in [3.63, 3.8) is 0 Å². The minimum atomic E-state index is -5.17. The van der Waals surface area contributed by atoms with E-state index in [1.54, 1.807) is 6.07 Å². The van der Waals surface area contributed by atoms with Gasteiger partial charge in [-0.05, 0) is 106 Å². The predicted molar refractivity (Wildman–Crippen MR) is 177 cm³/mol. The number of aromatic nitrogens is 1. The number of hydrogen-bond acceptors (Lipinski definition) is 7. The summed E-state index contributed by atoms with van der Waals surface area (Å²) in [5.41, 5.74) is -0.158. The van der Waals surface area contributed by atoms with E-state index in [2.05, 4.69) is 20.9 Å². The molecule has 1 aromatic heterocycles. The van der Waals surface area contributed by atoms with Crippen molar-refractivity contribution in [3.05, 3.63) is 29.3 Å². The van der Waals surface area contributed by atoms with Gasteiger partial charge in [0, 0.05) is 24.4 Å². The maximum absolute atomic E-state index is 14.8. The first kappa shape index (κ1) is 33.6. The average molecular weight is 714 g/mol. The first-order valence-corrected chi connectivity index (χ1v) is 18.9. The monoisotopic (exact) mass is 713 g/mol. The number of halogens is 3. The number of para-hydroxylation sites is 1. The highest BCUT2D eigenvalue weighted by molar-refractivity contribution is 7.20. The molecular formula is C36H42F3N5O5S. The molecular weight excluding hydrogens is 671 g/mol. The highest BCUT2D eigenvalue weighted by Gasteiger charge is 2.60. The first-order valence-electron chi connectivity index (χ1n) is 18.0. The summed E-state index contributed by atoms with van der Waals surface area (Å²) in [5, 5.41) is 8.08. The van der Waals surface area contributed by atoms with Crippen LogP contribution in [-0.4, -0.2) is 76.7 Å². The second-order valence-corrected chi connectivity index (χ2v) is 16.9. The number of hydrogen-bond donors (Lipinski definition) is 3. The standard InChI is InChI=1S/C36H42F3N5O5S/c37-36(38,39)34(49)43-29(35-14-18-10-19(15-35)12-20(11-18)16-35)33(48)44-17-22-4-3-5-23(22)27(44)31(47)41-25(13-21-8-9-40-30(21)46)28(45)32-42-24-6-1-2-7-26(24)50-32/h1-2,6-7,18-23,25,27,29H,3-5,8-17H2,(H,40,46)(H,41,47)(H,43,49)/t18?,19?,20?,21-,22-,23-,25-,27-,29+,35?/m0/s1. The summed E-state index contributed by atoms with van der Waals surface area (Å²) < 4.78 is 42.1. The van der Waals surface area contributed by atoms with Crippen molar-refractivity contribution < 1.29 is 37.1 Å². The fourth-order valence-electron chi connectivity index (χ4n) is 11.0. The Labute approximate surface area is 291 Å². The molecule has 268 valence electrons. The Hall–Kier alpha value is -3.55. The van der Waals surface area contributed by atoms with Gasteiger partial charge in [0.2, 0.25) is 23.5 Å². The molecule has 7 aliphatic rings. The molecule has 3 heterocycles. The Morgan fingerprint density at radius 2 is 1.70 bits per heavy atom. The van der Waals surface area contributed by atoms with Gasteiger partial charge >= 0.3 is 12.1 Å². The maximum atomic E-state index is 14.8. The topological polar surface area (TPSA) is 138 Å². The number of Topliss-reactive ketones (excluding diaryl/α,β-unsaturated/α-hetero) is 1. The number of ketones is 1. The van der Waals surface area contributed by atoms with Crippen LogP contribution in [0.5, 0.6) is 0 Å². The van der Waals surface area contributed by atoms with Gasteiger partial charge < -0.3 is 20.9 Å². The minimum absolute atomic E-state index is 0.0240. The Bertz CT molecular complexity index is 1660. The fraction of sp³-hybridized carbons (Fsp3) is 0.667. The molecule has 0 unspecified atom stereocenters. The number of nitrogens with zero attached hydrogens (tertiary/aromatic N) is 2. The Kier molecular flexibility index (Phi) is 8.46. The average Bonchev–Trinajstić information content (AvgIpc) is 3.85. The van der Waals surface area contributed by atoms with E-state index in [1.807, 2.05) is 18.2 Å². The Balaban J connectivity index is 1.10. The summed E-state index contributed by atoms with van der Waals surface area (Å²) in [6.45, 7) is 0.664. The second-order valence-electron chi connectivity index (χ2n) is 15.9. The molecule has 2 aromatic rings. The van der Waals surface area contributed by atoms with Gasteiger partial charge in [-0.25, -0.2) is 4.98 Å². The van der Waals surface area contributed by atoms with Gasteiger partial charge in [-0.15, -0.1) is 11.3 Å². The van der Waals surface area contributed by atoms with Crippen molar-refractivity contribution in [1.82, 2.24) is 25.8 Å². The van der Waals surface area contributed by atoms with Gasteiger partial charge in [-0.1, -0.05) is 18.6 Å². The van der Waals surface area contributed by atoms with Gasteiger partial charge in [0.15, 0.2) is 5.01 Å². The zero-order valence-electron chi connectivity index (χ0n) is 27.7. The Morgan fingerprint density at radius 3 is 2.34 bits per heavy atom. The van der Waals surface area contributed by atoms with E-state index in [-0.39, 0.29) is 35.7 Å². The van der Waals surface area contributed by atoms with Crippen molar-refractivity contribution >= 4 is 51.0 Å². The number of rotatable bonds is 9. The van der Waals surface area contributed by atoms with E-state index in [1.165, 1.54) is 16.2 Å². The quantitative estimate of drug-likeness (QED) is 0.330. The van der Waals surface area contributed by atoms with Crippen LogP contribution in [0.1, 0.15) is 80.4 Å². The molecule has 5 aliphatic carbocycles. The van der Waals surface area contributed by atoms with E-state index in [9.17, 15) is 37.1 Å². The number of likely N-dealkylation sites (tertiary alicyclic amines) is 1. The van der Waals surface area contributed by atoms with Gasteiger partial charge in [-0.2, -0.15) is 13.2 Å². The van der Waals surface area contributed by atoms with Crippen molar-refractivity contribution in [2.24, 2.45) is 40.9 Å². The van der Waals surface area contributed by atoms with Crippen molar-refractivity contribution in [2.75, 3.05) is 13.1 Å². The second kappa shape index (κ2) is 12.6. The van der Waals surface area contributed by atoms with Crippen molar-refractivity contribution in [1.29, 1.82) is 0 Å². The van der Waals surface area contributed by atoms with Gasteiger partial charge in [0.05, 0.1) is 16.3 Å². The summed E-state index contributed by atoms with van der Waals surface area (Å²) >= 11 is 1.20. The summed E-state index contributed by atoms with van der Waals surface area (Å²) in [6.07, 6.45) is 2.38. The summed E-state index contributed by atoms with van der Waals surface area (Å²) in [7, 11) is 0. The minimum Gasteiger partial charge on any atom is -0.356 e. The third kappa shape index (κ3) is 5.98. The van der Waals surface area contributed by atoms with Crippen LogP contribution in [0.25, 0.3) is 10.2 Å². The number of benzene rings is 1. The van der Waals surface area contributed by atoms with Crippen LogP contribution in [0.2, 0.25) is 0 Å². The van der Waals surface area contributed by atoms with Crippen LogP contribution in [0.4, 0.5) is 13.2 Å². The van der Waals surface area contributed by atoms with Gasteiger partial charge in [0.1, 0.15) is 12.1 Å². The molecule has 2 aliphatic heterocycles. The predicted octanol–water partition coefficient (Wildman–Crippen LogP) is 4.38. The normalized spacial score (nSPS) is 34.0. The van der Waals surface area contributed by atoms with Crippen molar-refractivity contribution in [2.45, 2.75) is 94.9 Å². The lowest BCUT2D eigenvalue weighted by Gasteiger charge is -2.59. The lowest BCUT2D eigenvalue weighted by Crippen LogP contribution is -2.65. The molecule has 5 saturated carbocycles. The van der Waals surface area contributed by atoms with Crippen LogP contribution >= 0.6 is 11.3 Å². The molecule has 50 heavy (non-hydrogen) atoms. The molecule has 1 aromatic carbocycles. The molecule has 0 radical (unpaired) electrons. The zero-order chi connectivity index (χ0) is 34.9. The van der Waals surface area contributed by atoms with Crippen LogP contribution in [0.15, 0.2) is 24.3 Å². The zero-order valence-corrected chi connectivity index (χ0v) is 28.5. The van der Waals surface area contributed by atoms with Gasteiger partial charge in [-0.3, -0.25) is 24.0 Å². The smallest absolute Gasteiger partial charge is 0.356 e. The molecule has 2 saturated heterocycles. The van der Waals surface area contributed by atoms with Crippen LogP contribution in [-0.2, 0) is 19.2 Å². The van der Waals surface area contributed by atoms with Crippen LogP contribution in [0, 0.1) is 40.9 Å². The molecule has 6 atom stereocenters. The van der Waals surface area contributed by atoms with Crippen LogP contribution in [0.3, 0.4) is 0 Å². The van der Waals surface area contributed by atoms with E-state index >= 15 is 0 Å². The third-order valence-corrected chi connectivity index (χ3v) is 13.8. The lowest BCUT2D eigenvalue weighted by molar-refractivity contribution is -0.179. The van der Waals surface area contributed by atoms with E-state index in [0.717, 1.165) is 36.8 Å². The summed E-state index contributed by atoms with van der Waals surface area (Å²) in [5.74, 6) is -3.81. The number of thiazole rings is 1. The molecule has 14 heteroatoms. The summed E-state index contributed by atoms with van der Waals surface area (Å²) in [6, 6.07) is 3.78. The largest absolute Gasteiger partial charge is 0.471 e. The molecule has 0 spiro atoms. The fourth-order valence-corrected chi connectivity index (χ4v) is 12.0. The van der Waals surface area contributed by atoms with Crippen LogP contribution < -0.4 is 16.0 Å². The number of nitrogens with one attached hydrogen (secondary N) is 3. The molecule has 4 amide bonds. The maximum Gasteiger partial charge on any atom is 0.471 e. The molecule has 10 nitrogen and oxygen atoms in total. The molecule has 3 N–H and O–H groups in total. The highest BCUT2D eigenvalue weighted by Crippen LogP contribution is 2.61. The first-order chi connectivity index (χ1) is 23.9. The number of carbonyl (C=O) groups is 5. The van der Waals surface area contributed by atoms with E-state index in [0.29, 0.717) is 61.9 Å². The molecule has 9 rings (SSSR count). The van der Waals surface area contributed by atoms with E-state index in [4.69, 9.17) is 0 Å². The van der Waals surface area contributed by atoms with E-state index < -0.39 is 59.1 Å². The Morgan fingerprint density at radius 1 is 1.00 bits per heavy atom. The number of fused-ring (bicyclic) bond motifs is 2. The summed E-state index contributed by atoms with van der Waals surface area (Å²) in [4.78, 5) is 74.4. The highest BCUT2D eigenvalue weighted by atomic mass is 32.1. The molecule has 4 bridgehead atoms. The lowest BCUT2D eigenvalue weighted by atomic mass is 9.47. The van der Waals surface area contributed by atoms with Gasteiger partial charge in [0.25, 0.3) is 0 Å². The number of carbonyl (C=O) groups excluding carboxylic acids is 5. The van der Waals surface area contributed by atoms with Crippen molar-refractivity contribution in [3.8, 4) is 0 Å².